The van der Waals surface area contributed by atoms with Gasteiger partial charge in [-0.3, -0.25) is 9.48 Å². The summed E-state index contributed by atoms with van der Waals surface area (Å²) in [5, 5.41) is 9.39. The highest BCUT2D eigenvalue weighted by atomic mass is 32.1. The third-order valence-electron chi connectivity index (χ3n) is 4.62. The van der Waals surface area contributed by atoms with Crippen molar-refractivity contribution in [2.75, 3.05) is 0 Å². The number of amides is 1. The van der Waals surface area contributed by atoms with E-state index in [9.17, 15) is 4.79 Å². The van der Waals surface area contributed by atoms with Crippen molar-refractivity contribution in [1.82, 2.24) is 15.1 Å². The molecule has 1 amide bonds. The van der Waals surface area contributed by atoms with E-state index >= 15 is 0 Å². The Kier molecular flexibility index (Phi) is 5.96. The Bertz CT molecular complexity index is 929. The van der Waals surface area contributed by atoms with E-state index in [1.165, 1.54) is 11.3 Å². The number of para-hydroxylation sites is 1. The Morgan fingerprint density at radius 1 is 1.33 bits per heavy atom. The van der Waals surface area contributed by atoms with Gasteiger partial charge in [0.05, 0.1) is 17.1 Å². The number of ether oxygens (including phenoxy) is 1. The molecule has 0 fully saturated rings. The highest BCUT2D eigenvalue weighted by molar-refractivity contribution is 7.12. The molecule has 0 saturated carbocycles. The fourth-order valence-corrected chi connectivity index (χ4v) is 3.80. The topological polar surface area (TPSA) is 56.2 Å². The van der Waals surface area contributed by atoms with E-state index < -0.39 is 0 Å². The zero-order valence-electron chi connectivity index (χ0n) is 16.2. The standard InChI is InChI=1S/C21H25N3O2S/c1-5-24-16(4)18(11-22-24)15(3)23-21(25)20-10-17(13-27-20)12-26-19-9-7-6-8-14(19)2/h6-11,13,15H,5,12H2,1-4H3,(H,23,25). The first kappa shape index (κ1) is 19.2. The molecule has 3 aromatic rings. The number of benzene rings is 1. The van der Waals surface area contributed by atoms with Crippen molar-refractivity contribution in [2.24, 2.45) is 0 Å². The molecule has 0 aliphatic heterocycles. The van der Waals surface area contributed by atoms with Gasteiger partial charge in [0.2, 0.25) is 0 Å². The second-order valence-corrected chi connectivity index (χ2v) is 7.48. The van der Waals surface area contributed by atoms with E-state index in [0.717, 1.165) is 34.7 Å². The lowest BCUT2D eigenvalue weighted by Gasteiger charge is -2.13. The average molecular weight is 384 g/mol. The van der Waals surface area contributed by atoms with Gasteiger partial charge in [-0.15, -0.1) is 11.3 Å². The second-order valence-electron chi connectivity index (χ2n) is 6.57. The van der Waals surface area contributed by atoms with Gasteiger partial charge in [-0.1, -0.05) is 18.2 Å². The van der Waals surface area contributed by atoms with Crippen molar-refractivity contribution >= 4 is 17.2 Å². The van der Waals surface area contributed by atoms with E-state index in [4.69, 9.17) is 4.74 Å². The Morgan fingerprint density at radius 2 is 2.11 bits per heavy atom. The Balaban J connectivity index is 1.61. The summed E-state index contributed by atoms with van der Waals surface area (Å²) in [5.41, 5.74) is 4.23. The minimum Gasteiger partial charge on any atom is -0.489 e. The monoisotopic (exact) mass is 383 g/mol. The van der Waals surface area contributed by atoms with E-state index in [2.05, 4.69) is 17.3 Å². The number of aromatic nitrogens is 2. The van der Waals surface area contributed by atoms with Gasteiger partial charge in [0.15, 0.2) is 0 Å². The maximum absolute atomic E-state index is 12.6. The first-order valence-electron chi connectivity index (χ1n) is 9.08. The van der Waals surface area contributed by atoms with Crippen molar-refractivity contribution in [3.05, 3.63) is 69.2 Å². The molecular weight excluding hydrogens is 358 g/mol. The first-order valence-corrected chi connectivity index (χ1v) is 9.96. The molecule has 1 unspecified atom stereocenters. The van der Waals surface area contributed by atoms with E-state index in [-0.39, 0.29) is 11.9 Å². The number of carbonyl (C=O) groups is 1. The van der Waals surface area contributed by atoms with Gasteiger partial charge >= 0.3 is 0 Å². The summed E-state index contributed by atoms with van der Waals surface area (Å²) in [5.74, 6) is 0.796. The molecule has 0 saturated heterocycles. The molecule has 5 nitrogen and oxygen atoms in total. The summed E-state index contributed by atoms with van der Waals surface area (Å²) in [4.78, 5) is 13.3. The lowest BCUT2D eigenvalue weighted by Crippen LogP contribution is -2.26. The largest absolute Gasteiger partial charge is 0.489 e. The van der Waals surface area contributed by atoms with Crippen LogP contribution in [0.4, 0.5) is 0 Å². The normalized spacial score (nSPS) is 12.0. The predicted octanol–water partition coefficient (Wildman–Crippen LogP) is 4.65. The quantitative estimate of drug-likeness (QED) is 0.646. The van der Waals surface area contributed by atoms with Crippen molar-refractivity contribution in [3.63, 3.8) is 0 Å². The molecule has 0 spiro atoms. The van der Waals surface area contributed by atoms with Gasteiger partial charge in [0.25, 0.3) is 5.91 Å². The van der Waals surface area contributed by atoms with Gasteiger partial charge in [0.1, 0.15) is 12.4 Å². The predicted molar refractivity (Wildman–Crippen MR) is 108 cm³/mol. The number of hydrogen-bond acceptors (Lipinski definition) is 4. The molecule has 1 N–H and O–H groups in total. The summed E-state index contributed by atoms with van der Waals surface area (Å²) >= 11 is 1.44. The molecule has 2 aromatic heterocycles. The van der Waals surface area contributed by atoms with Gasteiger partial charge in [-0.2, -0.15) is 5.10 Å². The van der Waals surface area contributed by atoms with Crippen LogP contribution in [0.3, 0.4) is 0 Å². The Labute approximate surface area is 164 Å². The SMILES string of the molecule is CCn1ncc(C(C)NC(=O)c2cc(COc3ccccc3C)cs2)c1C. The van der Waals surface area contributed by atoms with Crippen LogP contribution in [0.1, 0.15) is 51.9 Å². The molecule has 0 bridgehead atoms. The number of hydrogen-bond donors (Lipinski definition) is 1. The van der Waals surface area contributed by atoms with E-state index in [1.54, 1.807) is 0 Å². The van der Waals surface area contributed by atoms with Crippen LogP contribution in [0.2, 0.25) is 0 Å². The van der Waals surface area contributed by atoms with E-state index in [0.29, 0.717) is 11.5 Å². The average Bonchev–Trinajstić information content (AvgIpc) is 3.27. The number of rotatable bonds is 7. The highest BCUT2D eigenvalue weighted by Crippen LogP contribution is 2.22. The van der Waals surface area contributed by atoms with Crippen LogP contribution < -0.4 is 10.1 Å². The lowest BCUT2D eigenvalue weighted by molar-refractivity contribution is 0.0944. The van der Waals surface area contributed by atoms with Crippen molar-refractivity contribution in [1.29, 1.82) is 0 Å². The third-order valence-corrected chi connectivity index (χ3v) is 5.60. The lowest BCUT2D eigenvalue weighted by atomic mass is 10.1. The fraction of sp³-hybridized carbons (Fsp3) is 0.333. The van der Waals surface area contributed by atoms with Crippen LogP contribution in [0.15, 0.2) is 41.9 Å². The Morgan fingerprint density at radius 3 is 2.81 bits per heavy atom. The molecule has 0 aliphatic rings. The number of carbonyl (C=O) groups excluding carboxylic acids is 1. The zero-order valence-corrected chi connectivity index (χ0v) is 17.0. The van der Waals surface area contributed by atoms with E-state index in [1.807, 2.05) is 67.4 Å². The highest BCUT2D eigenvalue weighted by Gasteiger charge is 2.17. The van der Waals surface area contributed by atoms with Crippen LogP contribution in [-0.4, -0.2) is 15.7 Å². The number of nitrogens with zero attached hydrogens (tertiary/aromatic N) is 2. The van der Waals surface area contributed by atoms with Crippen molar-refractivity contribution < 1.29 is 9.53 Å². The molecule has 2 heterocycles. The molecule has 27 heavy (non-hydrogen) atoms. The molecule has 3 rings (SSSR count). The van der Waals surface area contributed by atoms with Crippen LogP contribution in [0.5, 0.6) is 5.75 Å². The third kappa shape index (κ3) is 4.39. The summed E-state index contributed by atoms with van der Waals surface area (Å²) in [6.45, 7) is 9.36. The summed E-state index contributed by atoms with van der Waals surface area (Å²) in [7, 11) is 0. The molecule has 6 heteroatoms. The molecule has 142 valence electrons. The van der Waals surface area contributed by atoms with Gasteiger partial charge in [-0.25, -0.2) is 0 Å². The summed E-state index contributed by atoms with van der Waals surface area (Å²) in [6.07, 6.45) is 1.83. The van der Waals surface area contributed by atoms with Crippen molar-refractivity contribution in [3.8, 4) is 5.75 Å². The molecule has 0 aliphatic carbocycles. The van der Waals surface area contributed by atoms with Gasteiger partial charge in [0, 0.05) is 23.4 Å². The number of thiophene rings is 1. The smallest absolute Gasteiger partial charge is 0.261 e. The fourth-order valence-electron chi connectivity index (χ4n) is 3.00. The second kappa shape index (κ2) is 8.39. The van der Waals surface area contributed by atoms with Crippen LogP contribution in [0, 0.1) is 13.8 Å². The Hall–Kier alpha value is -2.60. The molecule has 1 atom stereocenters. The summed E-state index contributed by atoms with van der Waals surface area (Å²) in [6, 6.07) is 9.72. The number of nitrogens with one attached hydrogen (secondary N) is 1. The molecule has 1 aromatic carbocycles. The van der Waals surface area contributed by atoms with Gasteiger partial charge in [-0.05, 0) is 50.8 Å². The van der Waals surface area contributed by atoms with Crippen LogP contribution in [-0.2, 0) is 13.2 Å². The zero-order chi connectivity index (χ0) is 19.4. The molecular formula is C21H25N3O2S. The van der Waals surface area contributed by atoms with Gasteiger partial charge < -0.3 is 10.1 Å². The number of aryl methyl sites for hydroxylation is 2. The van der Waals surface area contributed by atoms with Crippen LogP contribution >= 0.6 is 11.3 Å². The first-order chi connectivity index (χ1) is 13.0. The van der Waals surface area contributed by atoms with Crippen molar-refractivity contribution in [2.45, 2.75) is 46.9 Å². The molecule has 0 radical (unpaired) electrons. The minimum atomic E-state index is -0.0911. The minimum absolute atomic E-state index is 0.0710. The van der Waals surface area contributed by atoms with Crippen LogP contribution in [0.25, 0.3) is 0 Å². The maximum atomic E-state index is 12.6. The maximum Gasteiger partial charge on any atom is 0.261 e. The summed E-state index contributed by atoms with van der Waals surface area (Å²) < 4.78 is 7.80.